The summed E-state index contributed by atoms with van der Waals surface area (Å²) in [6, 6.07) is 26.5. The number of allylic oxidation sites excluding steroid dienone is 2. The fourth-order valence-corrected chi connectivity index (χ4v) is 8.96. The Kier molecular flexibility index (Phi) is 7.52. The molecule has 0 aromatic heterocycles. The number of benzene rings is 4. The quantitative estimate of drug-likeness (QED) is 0.140. The first-order valence-corrected chi connectivity index (χ1v) is 17.0. The Hall–Kier alpha value is -5.90. The number of ketones is 1. The minimum Gasteiger partial charge on any atom is -0.505 e. The van der Waals surface area contributed by atoms with Gasteiger partial charge in [-0.05, 0) is 80.6 Å². The smallest absolute Gasteiger partial charge is 0.260 e. The molecule has 2 heterocycles. The van der Waals surface area contributed by atoms with Crippen LogP contribution in [0, 0.1) is 36.4 Å². The number of para-hydroxylation sites is 1. The second kappa shape index (κ2) is 11.9. The first-order valence-electron chi connectivity index (χ1n) is 17.0. The summed E-state index contributed by atoms with van der Waals surface area (Å²) >= 11 is 0. The molecule has 2 aliphatic carbocycles. The summed E-state index contributed by atoms with van der Waals surface area (Å²) in [5.74, 6) is -8.03. The van der Waals surface area contributed by atoms with Crippen LogP contribution in [0.4, 0.5) is 15.8 Å². The Labute approximate surface area is 293 Å². The molecule has 0 unspecified atom stereocenters. The number of phenols is 1. The van der Waals surface area contributed by atoms with E-state index >= 15 is 9.18 Å². The van der Waals surface area contributed by atoms with Gasteiger partial charge in [-0.15, -0.1) is 0 Å². The van der Waals surface area contributed by atoms with Crippen LogP contribution in [0.25, 0.3) is 0 Å². The summed E-state index contributed by atoms with van der Waals surface area (Å²) in [6.45, 7) is 3.35. The number of rotatable bonds is 6. The number of halogens is 1. The Morgan fingerprint density at radius 1 is 0.843 bits per heavy atom. The van der Waals surface area contributed by atoms with E-state index in [0.717, 1.165) is 21.5 Å². The van der Waals surface area contributed by atoms with E-state index in [4.69, 9.17) is 0 Å². The molecule has 4 amide bonds. The van der Waals surface area contributed by atoms with Crippen molar-refractivity contribution in [1.82, 2.24) is 5.01 Å². The van der Waals surface area contributed by atoms with Crippen LogP contribution in [0.1, 0.15) is 52.7 Å². The van der Waals surface area contributed by atoms with Crippen LogP contribution in [0.5, 0.6) is 5.75 Å². The number of amides is 4. The van der Waals surface area contributed by atoms with Gasteiger partial charge in [-0.2, -0.15) is 5.01 Å². The van der Waals surface area contributed by atoms with Crippen molar-refractivity contribution in [2.75, 3.05) is 10.3 Å². The number of nitrogens with one attached hydrogen (secondary N) is 1. The zero-order valence-electron chi connectivity index (χ0n) is 27.9. The predicted octanol–water partition coefficient (Wildman–Crippen LogP) is 6.23. The van der Waals surface area contributed by atoms with E-state index in [1.54, 1.807) is 72.8 Å². The second-order valence-corrected chi connectivity index (χ2v) is 13.9. The fraction of sp³-hybridized carbons (Fsp3) is 0.244. The molecular weight excluding hydrogens is 649 g/mol. The van der Waals surface area contributed by atoms with Crippen LogP contribution < -0.4 is 10.3 Å². The first-order chi connectivity index (χ1) is 24.5. The van der Waals surface area contributed by atoms with Gasteiger partial charge in [0.2, 0.25) is 11.8 Å². The number of aryl methyl sites for hydroxylation is 1. The summed E-state index contributed by atoms with van der Waals surface area (Å²) in [4.78, 5) is 71.3. The lowest BCUT2D eigenvalue weighted by atomic mass is 9.49. The highest BCUT2D eigenvalue weighted by Gasteiger charge is 2.70. The molecule has 0 bridgehead atoms. The standard InChI is InChI=1S/C41H34FN3O6/c1-22-11-15-26(16-12-22)43-45-38(49)32-21-31-28(19-20-29-34(31)39(50)44(37(29)48)27-17-13-24(14-18-27)23(2)46)35(30-9-6-10-33(42)36(30)47)41(32,40(45)51)25-7-4-3-5-8-25/h3-19,29,31-32,34-35,43,47H,20-21H2,1-2H3/t29-,31+,32-,34-,35+,41+/m0/s1. The molecule has 0 spiro atoms. The highest BCUT2D eigenvalue weighted by Crippen LogP contribution is 2.65. The second-order valence-electron chi connectivity index (χ2n) is 13.9. The van der Waals surface area contributed by atoms with E-state index in [2.05, 4.69) is 5.43 Å². The highest BCUT2D eigenvalue weighted by atomic mass is 19.1. The molecule has 2 saturated heterocycles. The van der Waals surface area contributed by atoms with Crippen molar-refractivity contribution >= 4 is 40.8 Å². The van der Waals surface area contributed by atoms with Crippen molar-refractivity contribution in [1.29, 1.82) is 0 Å². The summed E-state index contributed by atoms with van der Waals surface area (Å²) in [6.07, 6.45) is 2.07. The Balaban J connectivity index is 1.30. The number of anilines is 2. The molecule has 8 rings (SSSR count). The number of hydrogen-bond acceptors (Lipinski definition) is 7. The van der Waals surface area contributed by atoms with Gasteiger partial charge in [0.05, 0.1) is 34.5 Å². The monoisotopic (exact) mass is 683 g/mol. The van der Waals surface area contributed by atoms with Gasteiger partial charge in [-0.1, -0.05) is 71.8 Å². The van der Waals surface area contributed by atoms with Crippen molar-refractivity contribution < 1.29 is 33.5 Å². The minimum atomic E-state index is -1.63. The Morgan fingerprint density at radius 3 is 2.24 bits per heavy atom. The predicted molar refractivity (Wildman–Crippen MR) is 186 cm³/mol. The van der Waals surface area contributed by atoms with Crippen molar-refractivity contribution in [3.63, 3.8) is 0 Å². The number of Topliss-reactive ketones (excluding diaryl/α,β-unsaturated/α-hetero) is 1. The molecule has 6 atom stereocenters. The van der Waals surface area contributed by atoms with Gasteiger partial charge in [0.15, 0.2) is 17.3 Å². The average molecular weight is 684 g/mol. The number of phenolic OH excluding ortho intramolecular Hbond substituents is 1. The van der Waals surface area contributed by atoms with Gasteiger partial charge in [-0.3, -0.25) is 34.3 Å². The molecule has 51 heavy (non-hydrogen) atoms. The number of hydrogen-bond donors (Lipinski definition) is 2. The van der Waals surface area contributed by atoms with Crippen molar-refractivity contribution in [2.45, 2.75) is 38.0 Å². The Morgan fingerprint density at radius 2 is 1.55 bits per heavy atom. The van der Waals surface area contributed by atoms with Crippen LogP contribution in [0.3, 0.4) is 0 Å². The van der Waals surface area contributed by atoms with E-state index in [1.807, 2.05) is 25.1 Å². The van der Waals surface area contributed by atoms with Gasteiger partial charge < -0.3 is 5.11 Å². The van der Waals surface area contributed by atoms with Crippen LogP contribution in [0.2, 0.25) is 0 Å². The molecular formula is C41H34FN3O6. The molecule has 4 aromatic carbocycles. The lowest BCUT2D eigenvalue weighted by molar-refractivity contribution is -0.138. The average Bonchev–Trinajstić information content (AvgIpc) is 3.51. The molecule has 1 saturated carbocycles. The summed E-state index contributed by atoms with van der Waals surface area (Å²) < 4.78 is 15.3. The first kappa shape index (κ1) is 32.3. The van der Waals surface area contributed by atoms with Gasteiger partial charge in [-0.25, -0.2) is 4.39 Å². The maximum Gasteiger partial charge on any atom is 0.260 e. The maximum atomic E-state index is 15.3. The van der Waals surface area contributed by atoms with Crippen LogP contribution in [-0.4, -0.2) is 39.5 Å². The molecule has 2 aliphatic heterocycles. The number of aromatic hydroxyl groups is 1. The maximum absolute atomic E-state index is 15.3. The molecule has 4 aromatic rings. The topological polar surface area (TPSA) is 124 Å². The van der Waals surface area contributed by atoms with Gasteiger partial charge in [0.25, 0.3) is 11.8 Å². The summed E-state index contributed by atoms with van der Waals surface area (Å²) in [5, 5.41) is 12.4. The van der Waals surface area contributed by atoms with Crippen molar-refractivity contribution in [2.24, 2.45) is 23.7 Å². The third kappa shape index (κ3) is 4.69. The van der Waals surface area contributed by atoms with Crippen LogP contribution in [-0.2, 0) is 24.6 Å². The zero-order chi connectivity index (χ0) is 35.8. The molecule has 10 heteroatoms. The van der Waals surface area contributed by atoms with Crippen molar-refractivity contribution in [3.8, 4) is 5.75 Å². The van der Waals surface area contributed by atoms with E-state index in [0.29, 0.717) is 28.1 Å². The third-order valence-electron chi connectivity index (χ3n) is 11.3. The lowest BCUT2D eigenvalue weighted by Crippen LogP contribution is -2.53. The third-order valence-corrected chi connectivity index (χ3v) is 11.3. The zero-order valence-corrected chi connectivity index (χ0v) is 27.9. The SMILES string of the molecule is CC(=O)c1ccc(N2C(=O)[C@H]3[C@H](CC=C4[C@H]3C[C@H]3C(=O)N(Nc5ccc(C)cc5)C(=O)[C@@]3(c3ccccc3)[C@H]4c3cccc(F)c3O)C2=O)cc1. The van der Waals surface area contributed by atoms with Crippen LogP contribution in [0.15, 0.2) is 109 Å². The van der Waals surface area contributed by atoms with Crippen LogP contribution >= 0.6 is 0 Å². The van der Waals surface area contributed by atoms with Gasteiger partial charge >= 0.3 is 0 Å². The summed E-state index contributed by atoms with van der Waals surface area (Å²) in [7, 11) is 0. The molecule has 3 fully saturated rings. The summed E-state index contributed by atoms with van der Waals surface area (Å²) in [5.41, 5.74) is 4.89. The normalized spacial score (nSPS) is 26.8. The number of nitrogens with zero attached hydrogens (tertiary/aromatic N) is 2. The highest BCUT2D eigenvalue weighted by molar-refractivity contribution is 6.22. The lowest BCUT2D eigenvalue weighted by Gasteiger charge is -2.50. The molecule has 4 aliphatic rings. The van der Waals surface area contributed by atoms with E-state index in [9.17, 15) is 24.3 Å². The van der Waals surface area contributed by atoms with E-state index in [-0.39, 0.29) is 24.2 Å². The molecule has 0 radical (unpaired) electrons. The number of imide groups is 2. The van der Waals surface area contributed by atoms with E-state index < -0.39 is 70.2 Å². The minimum absolute atomic E-state index is 0.0568. The molecule has 9 nitrogen and oxygen atoms in total. The number of carbonyl (C=O) groups is 5. The molecule has 256 valence electrons. The number of carbonyl (C=O) groups excluding carboxylic acids is 5. The largest absolute Gasteiger partial charge is 0.505 e. The number of hydrazine groups is 1. The van der Waals surface area contributed by atoms with Crippen molar-refractivity contribution in [3.05, 3.63) is 137 Å². The Bertz CT molecular complexity index is 2170. The van der Waals surface area contributed by atoms with E-state index in [1.165, 1.54) is 13.0 Å². The molecule has 2 N–H and O–H groups in total. The van der Waals surface area contributed by atoms with Gasteiger partial charge in [0.1, 0.15) is 0 Å². The fourth-order valence-electron chi connectivity index (χ4n) is 8.96. The van der Waals surface area contributed by atoms with Gasteiger partial charge in [0, 0.05) is 17.0 Å². The number of fused-ring (bicyclic) bond motifs is 4.